The number of nitrogens with two attached hydrogens (primary N) is 1. The van der Waals surface area contributed by atoms with Gasteiger partial charge in [0, 0.05) is 19.4 Å². The highest BCUT2D eigenvalue weighted by atomic mass is 31.2. The number of carbonyl (C=O) groups is 2. The molecule has 0 aliphatic carbocycles. The third-order valence-electron chi connectivity index (χ3n) is 16.2. The second-order valence-corrected chi connectivity index (χ2v) is 25.9. The van der Waals surface area contributed by atoms with Gasteiger partial charge < -0.3 is 20.1 Å². The van der Waals surface area contributed by atoms with Gasteiger partial charge in [0.25, 0.3) is 0 Å². The molecular weight excluding hydrogens is 1060 g/mol. The minimum atomic E-state index is -4.39. The van der Waals surface area contributed by atoms with Gasteiger partial charge in [-0.1, -0.05) is 357 Å². The highest BCUT2D eigenvalue weighted by Crippen LogP contribution is 2.43. The average molecular weight is 1200 g/mol. The molecule has 0 aromatic rings. The molecule has 0 aromatic heterocycles. The Bertz CT molecular complexity index is 1560. The molecule has 492 valence electrons. The first-order valence-electron chi connectivity index (χ1n) is 36.3. The molecule has 0 spiro atoms. The van der Waals surface area contributed by atoms with Crippen LogP contribution >= 0.6 is 7.82 Å². The summed E-state index contributed by atoms with van der Waals surface area (Å²) in [6.07, 6.45) is 90.5. The van der Waals surface area contributed by atoms with Crippen molar-refractivity contribution in [1.29, 1.82) is 0 Å². The lowest BCUT2D eigenvalue weighted by Gasteiger charge is -2.19. The van der Waals surface area contributed by atoms with Crippen LogP contribution in [0, 0.1) is 0 Å². The molecule has 0 saturated carbocycles. The maximum Gasteiger partial charge on any atom is 0.472 e. The maximum absolute atomic E-state index is 12.8. The monoisotopic (exact) mass is 1200 g/mol. The second kappa shape index (κ2) is 69.8. The number of phosphoric ester groups is 1. The molecular formula is C74H138NO8P. The van der Waals surface area contributed by atoms with Crippen molar-refractivity contribution in [3.63, 3.8) is 0 Å². The van der Waals surface area contributed by atoms with Gasteiger partial charge in [-0.25, -0.2) is 4.57 Å². The number of esters is 2. The summed E-state index contributed by atoms with van der Waals surface area (Å²) in [5.41, 5.74) is 5.41. The molecule has 84 heavy (non-hydrogen) atoms. The van der Waals surface area contributed by atoms with E-state index in [1.54, 1.807) is 0 Å². The van der Waals surface area contributed by atoms with E-state index in [0.717, 1.165) is 64.2 Å². The molecule has 3 N–H and O–H groups in total. The summed E-state index contributed by atoms with van der Waals surface area (Å²) >= 11 is 0. The fourth-order valence-corrected chi connectivity index (χ4v) is 11.6. The van der Waals surface area contributed by atoms with E-state index in [2.05, 4.69) is 74.6 Å². The van der Waals surface area contributed by atoms with Crippen LogP contribution in [0.5, 0.6) is 0 Å². The van der Waals surface area contributed by atoms with Gasteiger partial charge in [-0.2, -0.15) is 0 Å². The van der Waals surface area contributed by atoms with Gasteiger partial charge in [-0.3, -0.25) is 18.6 Å². The molecule has 0 bridgehead atoms. The molecule has 0 fully saturated rings. The summed E-state index contributed by atoms with van der Waals surface area (Å²) in [6.45, 7) is 3.70. The van der Waals surface area contributed by atoms with Gasteiger partial charge >= 0.3 is 19.8 Å². The molecule has 2 unspecified atom stereocenters. The van der Waals surface area contributed by atoms with Crippen molar-refractivity contribution in [1.82, 2.24) is 0 Å². The summed E-state index contributed by atoms with van der Waals surface area (Å²) in [5.74, 6) is -0.804. The first-order chi connectivity index (χ1) is 41.3. The third kappa shape index (κ3) is 68.8. The zero-order valence-electron chi connectivity index (χ0n) is 55.4. The Kier molecular flexibility index (Phi) is 67.9. The Morgan fingerprint density at radius 2 is 0.655 bits per heavy atom. The van der Waals surface area contributed by atoms with Crippen LogP contribution in [-0.2, 0) is 32.7 Å². The largest absolute Gasteiger partial charge is 0.472 e. The molecule has 0 radical (unpaired) electrons. The predicted molar refractivity (Wildman–Crippen MR) is 363 cm³/mol. The Morgan fingerprint density at radius 1 is 0.369 bits per heavy atom. The van der Waals surface area contributed by atoms with Crippen molar-refractivity contribution in [2.24, 2.45) is 5.73 Å². The molecule has 0 rings (SSSR count). The third-order valence-corrected chi connectivity index (χ3v) is 17.2. The number of carbonyl (C=O) groups excluding carboxylic acids is 2. The highest BCUT2D eigenvalue weighted by molar-refractivity contribution is 7.47. The van der Waals surface area contributed by atoms with Gasteiger partial charge in [0.2, 0.25) is 0 Å². The Labute approximate surface area is 520 Å². The van der Waals surface area contributed by atoms with Crippen molar-refractivity contribution in [2.75, 3.05) is 26.4 Å². The van der Waals surface area contributed by atoms with E-state index in [0.29, 0.717) is 6.42 Å². The van der Waals surface area contributed by atoms with Crippen molar-refractivity contribution >= 4 is 19.8 Å². The van der Waals surface area contributed by atoms with Crippen LogP contribution in [0.15, 0.2) is 60.8 Å². The van der Waals surface area contributed by atoms with Crippen molar-refractivity contribution < 1.29 is 37.6 Å². The Hall–Kier alpha value is -2.29. The molecule has 2 atom stereocenters. The summed E-state index contributed by atoms with van der Waals surface area (Å²) < 4.78 is 33.2. The SMILES string of the molecule is CC/C=C\C/C=C\C/C=C\C/C=C\C/C=C\CCCCCCCCCCCCCCCCCCCCCCCCCC(=O)OC(COC(=O)CCCCCCCCCCCCCCCCCCCCCCCCCC)COP(=O)(O)OCCN. The number of ether oxygens (including phenoxy) is 2. The molecule has 0 heterocycles. The topological polar surface area (TPSA) is 134 Å². The quantitative estimate of drug-likeness (QED) is 0.0264. The number of hydrogen-bond acceptors (Lipinski definition) is 8. The lowest BCUT2D eigenvalue weighted by atomic mass is 10.0. The average Bonchev–Trinajstić information content (AvgIpc) is 3.58. The second-order valence-electron chi connectivity index (χ2n) is 24.4. The normalized spacial score (nSPS) is 13.2. The maximum atomic E-state index is 12.8. The molecule has 0 aliphatic rings. The minimum Gasteiger partial charge on any atom is -0.462 e. The Morgan fingerprint density at radius 3 is 0.976 bits per heavy atom. The van der Waals surface area contributed by atoms with E-state index in [-0.39, 0.29) is 38.6 Å². The van der Waals surface area contributed by atoms with Gasteiger partial charge in [0.05, 0.1) is 13.2 Å². The lowest BCUT2D eigenvalue weighted by molar-refractivity contribution is -0.161. The van der Waals surface area contributed by atoms with Crippen LogP contribution in [0.3, 0.4) is 0 Å². The van der Waals surface area contributed by atoms with Crippen LogP contribution in [0.4, 0.5) is 0 Å². The first kappa shape index (κ1) is 81.7. The van der Waals surface area contributed by atoms with Crippen molar-refractivity contribution in [3.8, 4) is 0 Å². The van der Waals surface area contributed by atoms with Gasteiger partial charge in [0.1, 0.15) is 6.61 Å². The number of allylic oxidation sites excluding steroid dienone is 10. The van der Waals surface area contributed by atoms with E-state index in [1.165, 1.54) is 270 Å². The van der Waals surface area contributed by atoms with Crippen molar-refractivity contribution in [3.05, 3.63) is 60.8 Å². The smallest absolute Gasteiger partial charge is 0.462 e. The fourth-order valence-electron chi connectivity index (χ4n) is 10.8. The van der Waals surface area contributed by atoms with Gasteiger partial charge in [0.15, 0.2) is 6.10 Å². The molecule has 0 aliphatic heterocycles. The van der Waals surface area contributed by atoms with E-state index in [1.807, 2.05) is 0 Å². The standard InChI is InChI=1S/C74H138NO8P/c1-3-5-7-9-11-13-15-17-19-21-23-25-27-29-30-31-32-33-34-35-36-37-38-39-40-41-42-43-45-47-49-51-53-55-57-59-61-63-65-67-74(77)83-72(71-82-84(78,79)81-69-68-75)70-80-73(76)66-64-62-60-58-56-54-52-50-48-46-44-28-26-24-22-20-18-16-14-12-10-8-6-4-2/h5,7,11,13,17,19,23,25,29-30,72H,3-4,6,8-10,12,14-16,18,20-22,24,26-28,31-71,75H2,1-2H3,(H,78,79)/b7-5-,13-11-,19-17-,25-23-,30-29-. The molecule has 9 nitrogen and oxygen atoms in total. The van der Waals surface area contributed by atoms with Crippen LogP contribution in [0.2, 0.25) is 0 Å². The van der Waals surface area contributed by atoms with Crippen LogP contribution in [-0.4, -0.2) is 49.3 Å². The molecule has 0 amide bonds. The van der Waals surface area contributed by atoms with Crippen LogP contribution in [0.1, 0.15) is 367 Å². The van der Waals surface area contributed by atoms with Gasteiger partial charge in [-0.05, 0) is 57.8 Å². The van der Waals surface area contributed by atoms with Crippen LogP contribution < -0.4 is 5.73 Å². The van der Waals surface area contributed by atoms with E-state index >= 15 is 0 Å². The fraction of sp³-hybridized carbons (Fsp3) is 0.838. The predicted octanol–water partition coefficient (Wildman–Crippen LogP) is 23.8. The van der Waals surface area contributed by atoms with E-state index in [4.69, 9.17) is 24.3 Å². The lowest BCUT2D eigenvalue weighted by Crippen LogP contribution is -2.29. The number of hydrogen-bond donors (Lipinski definition) is 2. The van der Waals surface area contributed by atoms with Crippen molar-refractivity contribution in [2.45, 2.75) is 373 Å². The highest BCUT2D eigenvalue weighted by Gasteiger charge is 2.26. The first-order valence-corrected chi connectivity index (χ1v) is 37.8. The summed E-state index contributed by atoms with van der Waals surface area (Å²) in [6, 6.07) is 0. The molecule has 0 aromatic carbocycles. The molecule has 0 saturated heterocycles. The van der Waals surface area contributed by atoms with E-state index in [9.17, 15) is 19.0 Å². The zero-order valence-corrected chi connectivity index (χ0v) is 56.3. The zero-order chi connectivity index (χ0) is 60.9. The van der Waals surface area contributed by atoms with E-state index < -0.39 is 26.5 Å². The summed E-state index contributed by atoms with van der Waals surface area (Å²) in [4.78, 5) is 35.4. The van der Waals surface area contributed by atoms with Gasteiger partial charge in [-0.15, -0.1) is 0 Å². The Balaban J connectivity index is 3.78. The number of rotatable bonds is 69. The number of phosphoric acid groups is 1. The summed E-state index contributed by atoms with van der Waals surface area (Å²) in [7, 11) is -4.39. The van der Waals surface area contributed by atoms with Crippen LogP contribution in [0.25, 0.3) is 0 Å². The number of unbranched alkanes of at least 4 members (excludes halogenated alkanes) is 46. The molecule has 10 heteroatoms. The summed E-state index contributed by atoms with van der Waals surface area (Å²) in [5, 5.41) is 0. The minimum absolute atomic E-state index is 0.0559.